The SMILES string of the molecule is NC(=O)n1[c]nnn1. The van der Waals surface area contributed by atoms with Crippen LogP contribution in [0.5, 0.6) is 0 Å². The summed E-state index contributed by atoms with van der Waals surface area (Å²) < 4.78 is 0.708. The molecule has 1 radical (unpaired) electrons. The molecule has 0 aliphatic heterocycles. The summed E-state index contributed by atoms with van der Waals surface area (Å²) >= 11 is 0. The van der Waals surface area contributed by atoms with E-state index in [1.54, 1.807) is 0 Å². The number of amides is 1. The third-order valence-corrected chi connectivity index (χ3v) is 0.522. The smallest absolute Gasteiger partial charge is 0.343 e. The Balaban J connectivity index is 2.93. The number of primary amides is 1. The van der Waals surface area contributed by atoms with Crippen LogP contribution in [0.15, 0.2) is 0 Å². The summed E-state index contributed by atoms with van der Waals surface area (Å²) in [5, 5.41) is 9.31. The molecule has 0 aliphatic carbocycles. The molecule has 41 valence electrons. The van der Waals surface area contributed by atoms with E-state index in [0.29, 0.717) is 4.68 Å². The van der Waals surface area contributed by atoms with Gasteiger partial charge in [-0.15, -0.1) is 9.78 Å². The summed E-state index contributed by atoms with van der Waals surface area (Å²) in [5.74, 6) is 0. The van der Waals surface area contributed by atoms with Crippen molar-refractivity contribution in [2.75, 3.05) is 0 Å². The van der Waals surface area contributed by atoms with Crippen LogP contribution < -0.4 is 5.73 Å². The Morgan fingerprint density at radius 2 is 2.50 bits per heavy atom. The predicted octanol–water partition coefficient (Wildman–Crippen LogP) is -1.60. The molecule has 0 saturated carbocycles. The van der Waals surface area contributed by atoms with Gasteiger partial charge in [0.1, 0.15) is 0 Å². The first-order valence-electron chi connectivity index (χ1n) is 1.76. The molecule has 0 bridgehead atoms. The standard InChI is InChI=1S/C2H2N5O/c3-2(8)7-1-4-5-6-7/h(H2,3,8). The number of carbonyl (C=O) groups is 1. The number of aromatic nitrogens is 4. The van der Waals surface area contributed by atoms with Gasteiger partial charge in [-0.25, -0.2) is 4.79 Å². The molecule has 2 N–H and O–H groups in total. The van der Waals surface area contributed by atoms with Crippen LogP contribution in [0.2, 0.25) is 0 Å². The van der Waals surface area contributed by atoms with Crippen molar-refractivity contribution in [3.05, 3.63) is 6.33 Å². The summed E-state index contributed by atoms with van der Waals surface area (Å²) in [6, 6.07) is -0.741. The van der Waals surface area contributed by atoms with Gasteiger partial charge in [0.15, 0.2) is 0 Å². The lowest BCUT2D eigenvalue weighted by molar-refractivity contribution is 0.247. The fourth-order valence-corrected chi connectivity index (χ4v) is 0.236. The van der Waals surface area contributed by atoms with Gasteiger partial charge < -0.3 is 5.73 Å². The molecule has 0 saturated heterocycles. The zero-order valence-electron chi connectivity index (χ0n) is 3.77. The maximum Gasteiger partial charge on any atom is 0.343 e. The molecule has 1 amide bonds. The molecule has 6 nitrogen and oxygen atoms in total. The van der Waals surface area contributed by atoms with Gasteiger partial charge in [0.05, 0.1) is 0 Å². The average molecular weight is 112 g/mol. The maximum absolute atomic E-state index is 10.1. The summed E-state index contributed by atoms with van der Waals surface area (Å²) in [4.78, 5) is 10.1. The van der Waals surface area contributed by atoms with E-state index in [-0.39, 0.29) is 0 Å². The van der Waals surface area contributed by atoms with E-state index in [1.165, 1.54) is 0 Å². The highest BCUT2D eigenvalue weighted by Gasteiger charge is 1.96. The third kappa shape index (κ3) is 0.625. The summed E-state index contributed by atoms with van der Waals surface area (Å²) in [7, 11) is 0. The lowest BCUT2D eigenvalue weighted by Gasteiger charge is -1.81. The highest BCUT2D eigenvalue weighted by atomic mass is 16.2. The van der Waals surface area contributed by atoms with Crippen molar-refractivity contribution in [1.82, 2.24) is 20.2 Å². The van der Waals surface area contributed by atoms with Crippen molar-refractivity contribution < 1.29 is 4.79 Å². The first-order chi connectivity index (χ1) is 3.80. The van der Waals surface area contributed by atoms with Gasteiger partial charge in [0, 0.05) is 0 Å². The predicted molar refractivity (Wildman–Crippen MR) is 21.6 cm³/mol. The first-order valence-corrected chi connectivity index (χ1v) is 1.76. The Morgan fingerprint density at radius 1 is 1.75 bits per heavy atom. The molecule has 0 aromatic carbocycles. The van der Waals surface area contributed by atoms with Crippen LogP contribution in [0, 0.1) is 6.33 Å². The van der Waals surface area contributed by atoms with Gasteiger partial charge in [-0.2, -0.15) is 0 Å². The molecule has 0 aliphatic rings. The Bertz CT molecular complexity index is 178. The van der Waals surface area contributed by atoms with E-state index >= 15 is 0 Å². The molecule has 0 atom stereocenters. The topological polar surface area (TPSA) is 86.7 Å². The van der Waals surface area contributed by atoms with Crippen LogP contribution in [-0.2, 0) is 0 Å². The van der Waals surface area contributed by atoms with Crippen LogP contribution in [0.4, 0.5) is 4.79 Å². The highest BCUT2D eigenvalue weighted by Crippen LogP contribution is 1.67. The zero-order valence-corrected chi connectivity index (χ0v) is 3.77. The molecule has 1 aromatic rings. The van der Waals surface area contributed by atoms with Crippen LogP contribution in [0.25, 0.3) is 0 Å². The fourth-order valence-electron chi connectivity index (χ4n) is 0.236. The van der Waals surface area contributed by atoms with Crippen molar-refractivity contribution >= 4 is 6.03 Å². The Kier molecular flexibility index (Phi) is 0.918. The van der Waals surface area contributed by atoms with Gasteiger partial charge >= 0.3 is 6.03 Å². The maximum atomic E-state index is 10.1. The average Bonchev–Trinajstić information content (AvgIpc) is 2.12. The monoisotopic (exact) mass is 112 g/mol. The van der Waals surface area contributed by atoms with Gasteiger partial charge in [0.2, 0.25) is 6.33 Å². The van der Waals surface area contributed by atoms with Gasteiger partial charge in [-0.05, 0) is 10.4 Å². The van der Waals surface area contributed by atoms with Crippen molar-refractivity contribution in [3.63, 3.8) is 0 Å². The molecule has 1 heterocycles. The second kappa shape index (κ2) is 1.57. The number of rotatable bonds is 0. The summed E-state index contributed by atoms with van der Waals surface area (Å²) in [6.07, 6.45) is 2.11. The van der Waals surface area contributed by atoms with Crippen LogP contribution >= 0.6 is 0 Å². The molecular weight excluding hydrogens is 110 g/mol. The fraction of sp³-hybridized carbons (Fsp3) is 0. The summed E-state index contributed by atoms with van der Waals surface area (Å²) in [6.45, 7) is 0. The molecular formula is C2H2N5O. The minimum atomic E-state index is -0.741. The second-order valence-electron chi connectivity index (χ2n) is 1.03. The molecule has 1 rings (SSSR count). The van der Waals surface area contributed by atoms with E-state index in [0.717, 1.165) is 0 Å². The number of hydrogen-bond acceptors (Lipinski definition) is 4. The molecule has 8 heavy (non-hydrogen) atoms. The van der Waals surface area contributed by atoms with Crippen LogP contribution in [0.1, 0.15) is 0 Å². The molecule has 0 unspecified atom stereocenters. The van der Waals surface area contributed by atoms with Gasteiger partial charge in [-0.3, -0.25) is 0 Å². The Hall–Kier alpha value is -1.46. The van der Waals surface area contributed by atoms with E-state index < -0.39 is 6.03 Å². The Morgan fingerprint density at radius 3 is 2.75 bits per heavy atom. The van der Waals surface area contributed by atoms with Crippen LogP contribution in [0.3, 0.4) is 0 Å². The first kappa shape index (κ1) is 4.69. The van der Waals surface area contributed by atoms with Crippen molar-refractivity contribution in [2.24, 2.45) is 5.73 Å². The van der Waals surface area contributed by atoms with Crippen molar-refractivity contribution in [1.29, 1.82) is 0 Å². The normalized spacial score (nSPS) is 9.00. The van der Waals surface area contributed by atoms with E-state index in [2.05, 4.69) is 21.9 Å². The second-order valence-corrected chi connectivity index (χ2v) is 1.03. The number of nitrogens with zero attached hydrogens (tertiary/aromatic N) is 4. The largest absolute Gasteiger partial charge is 0.350 e. The van der Waals surface area contributed by atoms with Crippen LogP contribution in [-0.4, -0.2) is 26.2 Å². The minimum absolute atomic E-state index is 0.708. The Labute approximate surface area is 44.3 Å². The number of carbonyl (C=O) groups excluding carboxylic acids is 1. The molecule has 0 spiro atoms. The van der Waals surface area contributed by atoms with Crippen molar-refractivity contribution in [2.45, 2.75) is 0 Å². The molecule has 1 aromatic heterocycles. The number of tetrazole rings is 1. The molecule has 0 fully saturated rings. The van der Waals surface area contributed by atoms with Gasteiger partial charge in [0.25, 0.3) is 0 Å². The lowest BCUT2D eigenvalue weighted by Crippen LogP contribution is -2.20. The summed E-state index contributed by atoms with van der Waals surface area (Å²) in [5.41, 5.74) is 4.71. The lowest BCUT2D eigenvalue weighted by atomic mass is 11.0. The third-order valence-electron chi connectivity index (χ3n) is 0.522. The zero-order chi connectivity index (χ0) is 5.98. The van der Waals surface area contributed by atoms with E-state index in [9.17, 15) is 4.79 Å². The van der Waals surface area contributed by atoms with Gasteiger partial charge in [-0.1, -0.05) is 0 Å². The van der Waals surface area contributed by atoms with E-state index in [4.69, 9.17) is 5.73 Å². The number of nitrogens with two attached hydrogens (primary N) is 1. The quantitative estimate of drug-likeness (QED) is 0.409. The van der Waals surface area contributed by atoms with E-state index in [1.807, 2.05) is 0 Å². The minimum Gasteiger partial charge on any atom is -0.350 e. The number of hydrogen-bond donors (Lipinski definition) is 1. The highest BCUT2D eigenvalue weighted by molar-refractivity contribution is 5.72. The molecule has 6 heteroatoms. The van der Waals surface area contributed by atoms with Crippen molar-refractivity contribution in [3.8, 4) is 0 Å².